The van der Waals surface area contributed by atoms with Gasteiger partial charge in [0.2, 0.25) is 0 Å². The summed E-state index contributed by atoms with van der Waals surface area (Å²) in [5, 5.41) is 0. The minimum atomic E-state index is -1.27. The van der Waals surface area contributed by atoms with Crippen LogP contribution in [-0.4, -0.2) is 34.6 Å². The molecule has 47 heavy (non-hydrogen) atoms. The monoisotopic (exact) mass is 625 g/mol. The number of esters is 1. The Morgan fingerprint density at radius 2 is 1.51 bits per heavy atom. The predicted molar refractivity (Wildman–Crippen MR) is 191 cm³/mol. The van der Waals surface area contributed by atoms with Crippen LogP contribution in [0.4, 0.5) is 5.69 Å². The van der Waals surface area contributed by atoms with Gasteiger partial charge in [0.15, 0.2) is 5.60 Å². The molecule has 0 fully saturated rings. The zero-order valence-corrected chi connectivity index (χ0v) is 28.0. The Bertz CT molecular complexity index is 2090. The molecule has 0 radical (unpaired) electrons. The number of hydrogen-bond donors (Lipinski definition) is 0. The molecule has 4 aromatic carbocycles. The standard InChI is InChI=1S/C41H43N3O3/c1-6-10-26-46-36-27-30(42(7-2)8-3)24-25-33(36)41(32-21-15-14-20-31(32)40(45)47-41)38-37(29-18-12-11-13-19-29)28(5)44-35-23-17-16-22-34(35)43(9-4)39(38)44/h11-25,27H,6-10,26H2,1-5H3. The Kier molecular flexibility index (Phi) is 8.04. The fourth-order valence-electron chi connectivity index (χ4n) is 7.60. The first-order valence-corrected chi connectivity index (χ1v) is 17.0. The topological polar surface area (TPSA) is 48.1 Å². The molecule has 2 aromatic heterocycles. The predicted octanol–water partition coefficient (Wildman–Crippen LogP) is 9.38. The lowest BCUT2D eigenvalue weighted by atomic mass is 9.77. The Hall–Kier alpha value is -4.97. The summed E-state index contributed by atoms with van der Waals surface area (Å²) in [6.45, 7) is 13.9. The molecule has 0 amide bonds. The second kappa shape index (κ2) is 12.3. The van der Waals surface area contributed by atoms with Crippen LogP contribution < -0.4 is 9.64 Å². The first-order valence-electron chi connectivity index (χ1n) is 17.0. The second-order valence-electron chi connectivity index (χ2n) is 12.3. The lowest BCUT2D eigenvalue weighted by Gasteiger charge is -2.33. The zero-order valence-electron chi connectivity index (χ0n) is 28.0. The van der Waals surface area contributed by atoms with Gasteiger partial charge in [-0.2, -0.15) is 0 Å². The number of cyclic esters (lactones) is 1. The third kappa shape index (κ3) is 4.64. The summed E-state index contributed by atoms with van der Waals surface area (Å²) in [5.74, 6) is 0.408. The van der Waals surface area contributed by atoms with Crippen molar-refractivity contribution in [1.29, 1.82) is 0 Å². The molecular formula is C41H43N3O3. The quantitative estimate of drug-likeness (QED) is 0.106. The van der Waals surface area contributed by atoms with E-state index in [9.17, 15) is 4.79 Å². The number of unbranched alkanes of at least 4 members (excludes halogenated alkanes) is 1. The van der Waals surface area contributed by atoms with Gasteiger partial charge in [-0.3, -0.25) is 4.40 Å². The van der Waals surface area contributed by atoms with Crippen LogP contribution in [0.2, 0.25) is 0 Å². The Labute approximate surface area is 277 Å². The highest BCUT2D eigenvalue weighted by Gasteiger charge is 2.54. The third-order valence-corrected chi connectivity index (χ3v) is 9.78. The number of ether oxygens (including phenoxy) is 2. The number of aromatic nitrogens is 2. The largest absolute Gasteiger partial charge is 0.493 e. The van der Waals surface area contributed by atoms with Crippen molar-refractivity contribution in [3.05, 3.63) is 125 Å². The van der Waals surface area contributed by atoms with Gasteiger partial charge in [0.25, 0.3) is 0 Å². The fourth-order valence-corrected chi connectivity index (χ4v) is 7.60. The Morgan fingerprint density at radius 3 is 2.23 bits per heavy atom. The molecule has 7 rings (SSSR count). The number of imidazole rings is 1. The lowest BCUT2D eigenvalue weighted by Crippen LogP contribution is -2.32. The highest BCUT2D eigenvalue weighted by Crippen LogP contribution is 2.55. The van der Waals surface area contributed by atoms with Crippen LogP contribution in [0.5, 0.6) is 5.75 Å². The average Bonchev–Trinajstić information content (AvgIpc) is 3.71. The number of nitrogens with zero attached hydrogens (tertiary/aromatic N) is 3. The number of carbonyl (C=O) groups is 1. The highest BCUT2D eigenvalue weighted by molar-refractivity contribution is 5.99. The van der Waals surface area contributed by atoms with Crippen LogP contribution in [0.15, 0.2) is 97.1 Å². The smallest absolute Gasteiger partial charge is 0.340 e. The molecule has 0 saturated carbocycles. The van der Waals surface area contributed by atoms with Gasteiger partial charge in [0, 0.05) is 53.8 Å². The number of hydrogen-bond acceptors (Lipinski definition) is 4. The fraction of sp³-hybridized carbons (Fsp3) is 0.293. The van der Waals surface area contributed by atoms with Crippen molar-refractivity contribution in [2.75, 3.05) is 24.6 Å². The molecule has 240 valence electrons. The van der Waals surface area contributed by atoms with Crippen LogP contribution in [0.1, 0.15) is 73.3 Å². The van der Waals surface area contributed by atoms with Crippen LogP contribution in [0.25, 0.3) is 27.8 Å². The molecule has 0 aliphatic carbocycles. The molecule has 1 aliphatic heterocycles. The molecule has 0 saturated heterocycles. The van der Waals surface area contributed by atoms with Crippen molar-refractivity contribution in [2.24, 2.45) is 0 Å². The normalized spacial score (nSPS) is 15.7. The van der Waals surface area contributed by atoms with E-state index in [1.807, 2.05) is 24.3 Å². The second-order valence-corrected chi connectivity index (χ2v) is 12.3. The summed E-state index contributed by atoms with van der Waals surface area (Å²) in [6.07, 6.45) is 1.94. The van der Waals surface area contributed by atoms with Crippen LogP contribution in [-0.2, 0) is 16.9 Å². The number of carbonyl (C=O) groups excluding carboxylic acids is 1. The lowest BCUT2D eigenvalue weighted by molar-refractivity contribution is 0.0248. The summed E-state index contributed by atoms with van der Waals surface area (Å²) in [6, 6.07) is 33.4. The van der Waals surface area contributed by atoms with Crippen LogP contribution in [0.3, 0.4) is 0 Å². The zero-order chi connectivity index (χ0) is 32.7. The van der Waals surface area contributed by atoms with E-state index in [0.29, 0.717) is 12.2 Å². The van der Waals surface area contributed by atoms with Crippen LogP contribution >= 0.6 is 0 Å². The number of benzene rings is 4. The van der Waals surface area contributed by atoms with E-state index in [2.05, 4.69) is 121 Å². The van der Waals surface area contributed by atoms with E-state index < -0.39 is 5.60 Å². The SMILES string of the molecule is CCCCOc1cc(N(CC)CC)ccc1C1(c2c(-c3ccccc3)c(C)n3c4ccccc4n(CC)c23)OC(=O)c2ccccc21. The maximum atomic E-state index is 14.1. The molecule has 3 heterocycles. The number of anilines is 1. The first-order chi connectivity index (χ1) is 23.0. The molecule has 6 nitrogen and oxygen atoms in total. The van der Waals surface area contributed by atoms with E-state index in [-0.39, 0.29) is 5.97 Å². The van der Waals surface area contributed by atoms with Crippen LogP contribution in [0, 0.1) is 6.92 Å². The molecule has 0 spiro atoms. The van der Waals surface area contributed by atoms with Gasteiger partial charge in [-0.15, -0.1) is 0 Å². The molecule has 1 atom stereocenters. The van der Waals surface area contributed by atoms with Crippen molar-refractivity contribution in [3.63, 3.8) is 0 Å². The average molecular weight is 626 g/mol. The van der Waals surface area contributed by atoms with Crippen molar-refractivity contribution < 1.29 is 14.3 Å². The maximum Gasteiger partial charge on any atom is 0.340 e. The Morgan fingerprint density at radius 1 is 0.809 bits per heavy atom. The third-order valence-electron chi connectivity index (χ3n) is 9.78. The van der Waals surface area contributed by atoms with Crippen molar-refractivity contribution in [1.82, 2.24) is 8.97 Å². The molecule has 0 N–H and O–H groups in total. The molecular weight excluding hydrogens is 582 g/mol. The number of para-hydroxylation sites is 2. The summed E-state index contributed by atoms with van der Waals surface area (Å²) in [7, 11) is 0. The highest BCUT2D eigenvalue weighted by atomic mass is 16.6. The summed E-state index contributed by atoms with van der Waals surface area (Å²) in [5.41, 5.74) is 9.51. The maximum absolute atomic E-state index is 14.1. The number of fused-ring (bicyclic) bond motifs is 4. The van der Waals surface area contributed by atoms with E-state index in [1.54, 1.807) is 0 Å². The Balaban J connectivity index is 1.68. The minimum Gasteiger partial charge on any atom is -0.493 e. The van der Waals surface area contributed by atoms with E-state index >= 15 is 0 Å². The molecule has 6 aromatic rings. The van der Waals surface area contributed by atoms with Gasteiger partial charge in [-0.1, -0.05) is 74.0 Å². The van der Waals surface area contributed by atoms with E-state index in [4.69, 9.17) is 9.47 Å². The van der Waals surface area contributed by atoms with Gasteiger partial charge in [0.05, 0.1) is 28.8 Å². The summed E-state index contributed by atoms with van der Waals surface area (Å²) < 4.78 is 18.3. The number of aryl methyl sites for hydroxylation is 2. The van der Waals surface area contributed by atoms with Gasteiger partial charge in [0.1, 0.15) is 11.4 Å². The molecule has 1 aliphatic rings. The van der Waals surface area contributed by atoms with Gasteiger partial charge >= 0.3 is 5.97 Å². The summed E-state index contributed by atoms with van der Waals surface area (Å²) >= 11 is 0. The summed E-state index contributed by atoms with van der Waals surface area (Å²) in [4.78, 5) is 16.4. The molecule has 0 bridgehead atoms. The first kappa shape index (κ1) is 30.7. The minimum absolute atomic E-state index is 0.330. The van der Waals surface area contributed by atoms with E-state index in [1.165, 1.54) is 0 Å². The van der Waals surface area contributed by atoms with Crippen molar-refractivity contribution >= 4 is 28.3 Å². The number of rotatable bonds is 11. The molecule has 6 heteroatoms. The molecule has 1 unspecified atom stereocenters. The van der Waals surface area contributed by atoms with E-state index in [0.717, 1.165) is 94.1 Å². The van der Waals surface area contributed by atoms with Gasteiger partial charge in [-0.25, -0.2) is 4.79 Å². The van der Waals surface area contributed by atoms with Crippen molar-refractivity contribution in [3.8, 4) is 16.9 Å². The van der Waals surface area contributed by atoms with Gasteiger partial charge < -0.3 is 18.9 Å². The van der Waals surface area contributed by atoms with Crippen molar-refractivity contribution in [2.45, 2.75) is 59.6 Å². The van der Waals surface area contributed by atoms with Gasteiger partial charge in [-0.05, 0) is 70.0 Å².